The molecule has 2 aliphatic rings. The van der Waals surface area contributed by atoms with Crippen LogP contribution in [0.15, 0.2) is 21.2 Å². The Balaban J connectivity index is 0.00000147. The third-order valence-corrected chi connectivity index (χ3v) is 4.90. The SMILES string of the molecule is Cl.NC1CC2CCCC(C1)C2NC(=O)c1ccc(Br)o1. The molecule has 0 spiro atoms. The van der Waals surface area contributed by atoms with Crippen LogP contribution in [0.2, 0.25) is 0 Å². The standard InChI is InChI=1S/C14H19BrN2O2.ClH/c15-12-5-4-11(19-12)14(18)17-13-8-2-1-3-9(13)7-10(16)6-8;/h4-5,8-10,13H,1-3,6-7,16H2,(H,17,18);1H. The van der Waals surface area contributed by atoms with Crippen LogP contribution in [-0.2, 0) is 0 Å². The lowest BCUT2D eigenvalue weighted by atomic mass is 9.67. The van der Waals surface area contributed by atoms with Crippen molar-refractivity contribution >= 4 is 34.2 Å². The molecule has 3 N–H and O–H groups in total. The van der Waals surface area contributed by atoms with Gasteiger partial charge in [-0.25, -0.2) is 0 Å². The van der Waals surface area contributed by atoms with Crippen molar-refractivity contribution in [1.29, 1.82) is 0 Å². The van der Waals surface area contributed by atoms with Crippen molar-refractivity contribution in [2.24, 2.45) is 17.6 Å². The molecule has 2 saturated carbocycles. The zero-order valence-electron chi connectivity index (χ0n) is 11.2. The second-order valence-electron chi connectivity index (χ2n) is 5.79. The molecule has 2 atom stereocenters. The lowest BCUT2D eigenvalue weighted by molar-refractivity contribution is 0.0731. The van der Waals surface area contributed by atoms with Crippen LogP contribution in [0.4, 0.5) is 0 Å². The smallest absolute Gasteiger partial charge is 0.287 e. The maximum atomic E-state index is 12.2. The van der Waals surface area contributed by atoms with Gasteiger partial charge in [0.25, 0.3) is 5.91 Å². The number of rotatable bonds is 2. The van der Waals surface area contributed by atoms with Crippen LogP contribution < -0.4 is 11.1 Å². The molecule has 3 rings (SSSR count). The summed E-state index contributed by atoms with van der Waals surface area (Å²) < 4.78 is 5.90. The van der Waals surface area contributed by atoms with E-state index in [1.807, 2.05) is 0 Å². The summed E-state index contributed by atoms with van der Waals surface area (Å²) in [5, 5.41) is 3.16. The summed E-state index contributed by atoms with van der Waals surface area (Å²) in [5.74, 6) is 1.33. The predicted molar refractivity (Wildman–Crippen MR) is 83.0 cm³/mol. The number of hydrogen-bond donors (Lipinski definition) is 2. The monoisotopic (exact) mass is 362 g/mol. The molecule has 0 aliphatic heterocycles. The van der Waals surface area contributed by atoms with Crippen molar-refractivity contribution in [2.75, 3.05) is 0 Å². The molecule has 6 heteroatoms. The van der Waals surface area contributed by atoms with Crippen LogP contribution in [0.1, 0.15) is 42.7 Å². The zero-order chi connectivity index (χ0) is 13.4. The Labute approximate surface area is 133 Å². The van der Waals surface area contributed by atoms with Gasteiger partial charge in [-0.05, 0) is 65.6 Å². The van der Waals surface area contributed by atoms with E-state index in [-0.39, 0.29) is 24.4 Å². The van der Waals surface area contributed by atoms with Gasteiger partial charge in [0.15, 0.2) is 10.4 Å². The minimum Gasteiger partial charge on any atom is -0.444 e. The summed E-state index contributed by atoms with van der Waals surface area (Å²) in [5.41, 5.74) is 6.10. The molecule has 1 aromatic heterocycles. The van der Waals surface area contributed by atoms with Gasteiger partial charge in [-0.2, -0.15) is 0 Å². The quantitative estimate of drug-likeness (QED) is 0.848. The molecule has 1 amide bonds. The molecular weight excluding hydrogens is 344 g/mol. The first-order valence-electron chi connectivity index (χ1n) is 6.95. The number of nitrogens with one attached hydrogen (secondary N) is 1. The summed E-state index contributed by atoms with van der Waals surface area (Å²) in [4.78, 5) is 12.2. The molecule has 0 radical (unpaired) electrons. The Kier molecular flexibility index (Phi) is 5.15. The van der Waals surface area contributed by atoms with Crippen LogP contribution in [0.3, 0.4) is 0 Å². The van der Waals surface area contributed by atoms with Gasteiger partial charge in [-0.15, -0.1) is 12.4 Å². The Morgan fingerprint density at radius 1 is 1.30 bits per heavy atom. The molecule has 2 aliphatic carbocycles. The maximum Gasteiger partial charge on any atom is 0.287 e. The number of amides is 1. The first kappa shape index (κ1) is 15.9. The molecule has 1 heterocycles. The summed E-state index contributed by atoms with van der Waals surface area (Å²) in [6.45, 7) is 0. The number of hydrogen-bond acceptors (Lipinski definition) is 3. The highest BCUT2D eigenvalue weighted by Gasteiger charge is 2.40. The van der Waals surface area contributed by atoms with Gasteiger partial charge in [0.2, 0.25) is 0 Å². The molecule has 112 valence electrons. The average Bonchev–Trinajstić information content (AvgIpc) is 2.77. The summed E-state index contributed by atoms with van der Waals surface area (Å²) >= 11 is 3.22. The van der Waals surface area contributed by atoms with E-state index < -0.39 is 0 Å². The van der Waals surface area contributed by atoms with Gasteiger partial charge < -0.3 is 15.5 Å². The average molecular weight is 364 g/mol. The normalized spacial score (nSPS) is 32.3. The fraction of sp³-hybridized carbons (Fsp3) is 0.643. The lowest BCUT2D eigenvalue weighted by Gasteiger charge is -2.45. The zero-order valence-corrected chi connectivity index (χ0v) is 13.6. The van der Waals surface area contributed by atoms with Gasteiger partial charge in [0.05, 0.1) is 0 Å². The number of carbonyl (C=O) groups excluding carboxylic acids is 1. The number of halogens is 2. The van der Waals surface area contributed by atoms with Crippen LogP contribution >= 0.6 is 28.3 Å². The minimum atomic E-state index is -0.108. The van der Waals surface area contributed by atoms with E-state index in [9.17, 15) is 4.79 Å². The van der Waals surface area contributed by atoms with Gasteiger partial charge in [-0.1, -0.05) is 6.42 Å². The second-order valence-corrected chi connectivity index (χ2v) is 6.57. The first-order chi connectivity index (χ1) is 9.13. The van der Waals surface area contributed by atoms with Crippen molar-refractivity contribution in [3.8, 4) is 0 Å². The Hall–Kier alpha value is -0.520. The van der Waals surface area contributed by atoms with Gasteiger partial charge in [-0.3, -0.25) is 4.79 Å². The van der Waals surface area contributed by atoms with E-state index >= 15 is 0 Å². The Morgan fingerprint density at radius 3 is 2.50 bits per heavy atom. The third-order valence-electron chi connectivity index (χ3n) is 4.47. The van der Waals surface area contributed by atoms with Crippen molar-refractivity contribution in [3.63, 3.8) is 0 Å². The van der Waals surface area contributed by atoms with E-state index in [4.69, 9.17) is 10.2 Å². The largest absolute Gasteiger partial charge is 0.444 e. The molecule has 2 unspecified atom stereocenters. The fourth-order valence-electron chi connectivity index (χ4n) is 3.68. The van der Waals surface area contributed by atoms with E-state index in [1.54, 1.807) is 12.1 Å². The van der Waals surface area contributed by atoms with Crippen LogP contribution in [0.25, 0.3) is 0 Å². The number of fused-ring (bicyclic) bond motifs is 2. The summed E-state index contributed by atoms with van der Waals surface area (Å²) in [6.07, 6.45) is 5.68. The number of carbonyl (C=O) groups is 1. The molecule has 2 fully saturated rings. The van der Waals surface area contributed by atoms with Crippen molar-refractivity contribution in [3.05, 3.63) is 22.6 Å². The molecule has 2 bridgehead atoms. The summed E-state index contributed by atoms with van der Waals surface area (Å²) in [7, 11) is 0. The van der Waals surface area contributed by atoms with E-state index in [1.165, 1.54) is 19.3 Å². The van der Waals surface area contributed by atoms with Gasteiger partial charge in [0, 0.05) is 12.1 Å². The van der Waals surface area contributed by atoms with Crippen LogP contribution in [-0.4, -0.2) is 18.0 Å². The first-order valence-corrected chi connectivity index (χ1v) is 7.74. The number of furan rings is 1. The van der Waals surface area contributed by atoms with Crippen molar-refractivity contribution in [1.82, 2.24) is 5.32 Å². The third kappa shape index (κ3) is 3.21. The highest BCUT2D eigenvalue weighted by atomic mass is 79.9. The lowest BCUT2D eigenvalue weighted by Crippen LogP contribution is -2.53. The summed E-state index contributed by atoms with van der Waals surface area (Å²) in [6, 6.07) is 4.02. The highest BCUT2D eigenvalue weighted by molar-refractivity contribution is 9.10. The minimum absolute atomic E-state index is 0. The van der Waals surface area contributed by atoms with Crippen molar-refractivity contribution in [2.45, 2.75) is 44.2 Å². The number of nitrogens with two attached hydrogens (primary N) is 1. The van der Waals surface area contributed by atoms with E-state index in [0.29, 0.717) is 28.3 Å². The molecule has 1 aromatic rings. The molecule has 20 heavy (non-hydrogen) atoms. The maximum absolute atomic E-state index is 12.2. The fourth-order valence-corrected chi connectivity index (χ4v) is 3.99. The molecule has 4 nitrogen and oxygen atoms in total. The van der Waals surface area contributed by atoms with E-state index in [2.05, 4.69) is 21.2 Å². The Bertz CT molecular complexity index is 465. The Morgan fingerprint density at radius 2 is 1.95 bits per heavy atom. The molecular formula is C14H20BrClN2O2. The van der Waals surface area contributed by atoms with Crippen LogP contribution in [0.5, 0.6) is 0 Å². The predicted octanol–water partition coefficient (Wildman–Crippen LogP) is 3.10. The highest BCUT2D eigenvalue weighted by Crippen LogP contribution is 2.39. The van der Waals surface area contributed by atoms with Gasteiger partial charge in [0.1, 0.15) is 0 Å². The van der Waals surface area contributed by atoms with Crippen molar-refractivity contribution < 1.29 is 9.21 Å². The van der Waals surface area contributed by atoms with Crippen LogP contribution in [0, 0.1) is 11.8 Å². The molecule has 0 saturated heterocycles. The molecule has 0 aromatic carbocycles. The van der Waals surface area contributed by atoms with Gasteiger partial charge >= 0.3 is 0 Å². The topological polar surface area (TPSA) is 68.3 Å². The second kappa shape index (κ2) is 6.50. The van der Waals surface area contributed by atoms with E-state index in [0.717, 1.165) is 12.8 Å².